The van der Waals surface area contributed by atoms with Crippen LogP contribution in [-0.2, 0) is 4.79 Å². The highest BCUT2D eigenvalue weighted by molar-refractivity contribution is 9.10. The first-order valence-electron chi connectivity index (χ1n) is 5.62. The minimum atomic E-state index is -0.849. The lowest BCUT2D eigenvalue weighted by Crippen LogP contribution is -2.25. The summed E-state index contributed by atoms with van der Waals surface area (Å²) in [6, 6.07) is 7.09. The van der Waals surface area contributed by atoms with E-state index in [4.69, 9.17) is 5.11 Å². The number of carboxylic acid groups (broad SMARTS) is 1. The molecule has 0 radical (unpaired) electrons. The molecule has 90 valence electrons. The van der Waals surface area contributed by atoms with Crippen molar-refractivity contribution in [2.75, 3.05) is 0 Å². The second kappa shape index (κ2) is 5.00. The van der Waals surface area contributed by atoms with Gasteiger partial charge < -0.3 is 5.11 Å². The third-order valence-corrected chi connectivity index (χ3v) is 3.83. The second-order valence-corrected chi connectivity index (χ2v) is 5.27. The van der Waals surface area contributed by atoms with Crippen LogP contribution in [0.1, 0.15) is 29.6 Å². The first-order chi connectivity index (χ1) is 8.09. The quantitative estimate of drug-likeness (QED) is 0.872. The Morgan fingerprint density at radius 2 is 1.71 bits per heavy atom. The minimum absolute atomic E-state index is 0.0394. The topological polar surface area (TPSA) is 54.4 Å². The predicted octanol–water partition coefficient (Wildman–Crippen LogP) is 3.13. The Bertz CT molecular complexity index is 438. The van der Waals surface area contributed by atoms with Gasteiger partial charge in [-0.2, -0.15) is 0 Å². The van der Waals surface area contributed by atoms with E-state index in [9.17, 15) is 9.59 Å². The maximum absolute atomic E-state index is 12.2. The third kappa shape index (κ3) is 2.57. The zero-order chi connectivity index (χ0) is 12.4. The highest BCUT2D eigenvalue weighted by Crippen LogP contribution is 2.34. The standard InChI is InChI=1S/C13H13BrO3/c14-9-6-4-8(5-7-9)12(15)10-2-1-3-11(10)13(16)17/h4-7,10-11H,1-3H2,(H,16,17)/t10-,11+/m1/s1. The summed E-state index contributed by atoms with van der Waals surface area (Å²) in [4.78, 5) is 23.2. The molecule has 0 saturated heterocycles. The number of benzene rings is 1. The van der Waals surface area contributed by atoms with Crippen LogP contribution >= 0.6 is 15.9 Å². The molecule has 0 spiro atoms. The van der Waals surface area contributed by atoms with Crippen LogP contribution in [0.2, 0.25) is 0 Å². The highest BCUT2D eigenvalue weighted by Gasteiger charge is 2.37. The number of halogens is 1. The van der Waals surface area contributed by atoms with E-state index >= 15 is 0 Å². The van der Waals surface area contributed by atoms with E-state index in [2.05, 4.69) is 15.9 Å². The van der Waals surface area contributed by atoms with Crippen molar-refractivity contribution in [3.63, 3.8) is 0 Å². The largest absolute Gasteiger partial charge is 0.481 e. The molecule has 0 amide bonds. The zero-order valence-corrected chi connectivity index (χ0v) is 10.8. The number of carboxylic acids is 1. The lowest BCUT2D eigenvalue weighted by Gasteiger charge is -2.14. The maximum atomic E-state index is 12.2. The van der Waals surface area contributed by atoms with Crippen LogP contribution in [0, 0.1) is 11.8 Å². The van der Waals surface area contributed by atoms with Crippen molar-refractivity contribution in [1.82, 2.24) is 0 Å². The molecular weight excluding hydrogens is 284 g/mol. The molecule has 4 heteroatoms. The molecule has 2 rings (SSSR count). The summed E-state index contributed by atoms with van der Waals surface area (Å²) in [5.74, 6) is -1.75. The lowest BCUT2D eigenvalue weighted by molar-refractivity contribution is -0.142. The van der Waals surface area contributed by atoms with E-state index in [0.29, 0.717) is 18.4 Å². The number of hydrogen-bond acceptors (Lipinski definition) is 2. The molecule has 1 saturated carbocycles. The van der Waals surface area contributed by atoms with Gasteiger partial charge >= 0.3 is 5.97 Å². The number of rotatable bonds is 3. The summed E-state index contributed by atoms with van der Waals surface area (Å²) < 4.78 is 0.912. The van der Waals surface area contributed by atoms with Gasteiger partial charge in [0.2, 0.25) is 0 Å². The number of hydrogen-bond donors (Lipinski definition) is 1. The van der Waals surface area contributed by atoms with Gasteiger partial charge in [0.15, 0.2) is 5.78 Å². The van der Waals surface area contributed by atoms with Crippen molar-refractivity contribution >= 4 is 27.7 Å². The number of Topliss-reactive ketones (excluding diaryl/α,β-unsaturated/α-hetero) is 1. The van der Waals surface area contributed by atoms with Crippen LogP contribution in [0.25, 0.3) is 0 Å². The van der Waals surface area contributed by atoms with Gasteiger partial charge in [-0.1, -0.05) is 34.5 Å². The molecule has 1 aliphatic rings. The average molecular weight is 297 g/mol. The van der Waals surface area contributed by atoms with Crippen molar-refractivity contribution in [1.29, 1.82) is 0 Å². The van der Waals surface area contributed by atoms with Crippen molar-refractivity contribution in [2.45, 2.75) is 19.3 Å². The van der Waals surface area contributed by atoms with E-state index in [0.717, 1.165) is 10.9 Å². The van der Waals surface area contributed by atoms with Crippen LogP contribution < -0.4 is 0 Å². The molecule has 1 aromatic carbocycles. The Hall–Kier alpha value is -1.16. The Morgan fingerprint density at radius 1 is 1.12 bits per heavy atom. The van der Waals surface area contributed by atoms with Crippen LogP contribution in [-0.4, -0.2) is 16.9 Å². The molecule has 0 aromatic heterocycles. The van der Waals surface area contributed by atoms with Crippen LogP contribution in [0.4, 0.5) is 0 Å². The van der Waals surface area contributed by atoms with Gasteiger partial charge in [-0.25, -0.2) is 0 Å². The van der Waals surface area contributed by atoms with E-state index in [1.807, 2.05) is 0 Å². The van der Waals surface area contributed by atoms with E-state index in [1.165, 1.54) is 0 Å². The molecule has 3 nitrogen and oxygen atoms in total. The molecule has 17 heavy (non-hydrogen) atoms. The SMILES string of the molecule is O=C(O)[C@H]1CCC[C@H]1C(=O)c1ccc(Br)cc1. The number of ketones is 1. The predicted molar refractivity (Wildman–Crippen MR) is 66.9 cm³/mol. The maximum Gasteiger partial charge on any atom is 0.307 e. The van der Waals surface area contributed by atoms with Gasteiger partial charge in [0.25, 0.3) is 0 Å². The van der Waals surface area contributed by atoms with Gasteiger partial charge in [-0.3, -0.25) is 9.59 Å². The first-order valence-corrected chi connectivity index (χ1v) is 6.41. The molecule has 0 unspecified atom stereocenters. The molecule has 1 N–H and O–H groups in total. The smallest absolute Gasteiger partial charge is 0.307 e. The van der Waals surface area contributed by atoms with Crippen molar-refractivity contribution in [3.8, 4) is 0 Å². The summed E-state index contributed by atoms with van der Waals surface area (Å²) in [7, 11) is 0. The molecule has 2 atom stereocenters. The van der Waals surface area contributed by atoms with Crippen LogP contribution in [0.15, 0.2) is 28.7 Å². The second-order valence-electron chi connectivity index (χ2n) is 4.35. The molecular formula is C13H13BrO3. The molecule has 1 aliphatic carbocycles. The van der Waals surface area contributed by atoms with Gasteiger partial charge in [0, 0.05) is 16.0 Å². The molecule has 1 fully saturated rings. The van der Waals surface area contributed by atoms with Crippen molar-refractivity contribution in [2.24, 2.45) is 11.8 Å². The van der Waals surface area contributed by atoms with Gasteiger partial charge in [0.05, 0.1) is 5.92 Å². The Kier molecular flexibility index (Phi) is 3.62. The number of aliphatic carboxylic acids is 1. The fraction of sp³-hybridized carbons (Fsp3) is 0.385. The van der Waals surface area contributed by atoms with Gasteiger partial charge in [-0.05, 0) is 25.0 Å². The zero-order valence-electron chi connectivity index (χ0n) is 9.23. The lowest BCUT2D eigenvalue weighted by atomic mass is 9.88. The number of carbonyl (C=O) groups is 2. The summed E-state index contributed by atoms with van der Waals surface area (Å²) in [6.07, 6.45) is 2.12. The summed E-state index contributed by atoms with van der Waals surface area (Å²) in [5, 5.41) is 9.06. The Balaban J connectivity index is 2.19. The summed E-state index contributed by atoms with van der Waals surface area (Å²) in [5.41, 5.74) is 0.603. The molecule has 1 aromatic rings. The molecule has 0 aliphatic heterocycles. The normalized spacial score (nSPS) is 23.6. The first kappa shape index (κ1) is 12.3. The van der Waals surface area contributed by atoms with Gasteiger partial charge in [-0.15, -0.1) is 0 Å². The third-order valence-electron chi connectivity index (χ3n) is 3.30. The van der Waals surface area contributed by atoms with E-state index < -0.39 is 11.9 Å². The van der Waals surface area contributed by atoms with Gasteiger partial charge in [0.1, 0.15) is 0 Å². The highest BCUT2D eigenvalue weighted by atomic mass is 79.9. The fourth-order valence-electron chi connectivity index (χ4n) is 2.40. The minimum Gasteiger partial charge on any atom is -0.481 e. The Morgan fingerprint density at radius 3 is 2.29 bits per heavy atom. The van der Waals surface area contributed by atoms with Crippen LogP contribution in [0.5, 0.6) is 0 Å². The summed E-state index contributed by atoms with van der Waals surface area (Å²) >= 11 is 3.31. The average Bonchev–Trinajstić information content (AvgIpc) is 2.78. The molecule has 0 heterocycles. The van der Waals surface area contributed by atoms with Crippen molar-refractivity contribution in [3.05, 3.63) is 34.3 Å². The Labute approximate surface area is 108 Å². The molecule has 0 bridgehead atoms. The van der Waals surface area contributed by atoms with Crippen LogP contribution in [0.3, 0.4) is 0 Å². The monoisotopic (exact) mass is 296 g/mol. The summed E-state index contributed by atoms with van der Waals surface area (Å²) in [6.45, 7) is 0. The van der Waals surface area contributed by atoms with Crippen molar-refractivity contribution < 1.29 is 14.7 Å². The van der Waals surface area contributed by atoms with E-state index in [-0.39, 0.29) is 11.7 Å². The fourth-order valence-corrected chi connectivity index (χ4v) is 2.66. The number of carbonyl (C=O) groups excluding carboxylic acids is 1. The van der Waals surface area contributed by atoms with E-state index in [1.54, 1.807) is 24.3 Å².